The van der Waals surface area contributed by atoms with Crippen molar-refractivity contribution in [1.82, 2.24) is 4.98 Å². The number of aromatic nitrogens is 1. The van der Waals surface area contributed by atoms with Gasteiger partial charge in [-0.1, -0.05) is 36.9 Å². The topological polar surface area (TPSA) is 37.3 Å². The Morgan fingerprint density at radius 3 is 3.05 bits per heavy atom. The maximum Gasteiger partial charge on any atom is 0.161 e. The van der Waals surface area contributed by atoms with Gasteiger partial charge in [0.1, 0.15) is 0 Å². The van der Waals surface area contributed by atoms with Crippen molar-refractivity contribution in [3.05, 3.63) is 36.0 Å². The minimum absolute atomic E-state index is 0.462. The fourth-order valence-corrected chi connectivity index (χ4v) is 3.37. The molecule has 0 amide bonds. The predicted molar refractivity (Wildman–Crippen MR) is 88.7 cm³/mol. The second-order valence-electron chi connectivity index (χ2n) is 5.09. The number of para-hydroxylation sites is 1. The van der Waals surface area contributed by atoms with Crippen molar-refractivity contribution in [2.45, 2.75) is 32.7 Å². The monoisotopic (exact) mass is 285 g/mol. The first-order valence-electron chi connectivity index (χ1n) is 7.10. The number of thioether (sulfide) groups is 1. The lowest BCUT2D eigenvalue weighted by atomic mass is 10.2. The molecule has 1 unspecified atom stereocenters. The predicted octanol–water partition coefficient (Wildman–Crippen LogP) is 4.23. The Balaban J connectivity index is 1.94. The van der Waals surface area contributed by atoms with Crippen LogP contribution in [0.5, 0.6) is 0 Å². The van der Waals surface area contributed by atoms with Gasteiger partial charge in [-0.15, -0.1) is 0 Å². The van der Waals surface area contributed by atoms with E-state index in [0.717, 1.165) is 39.6 Å². The Morgan fingerprint density at radius 1 is 1.30 bits per heavy atom. The van der Waals surface area contributed by atoms with Gasteiger partial charge in [0.25, 0.3) is 0 Å². The van der Waals surface area contributed by atoms with Crippen molar-refractivity contribution < 1.29 is 0 Å². The molecule has 0 bridgehead atoms. The van der Waals surface area contributed by atoms with Crippen LogP contribution in [0, 0.1) is 6.92 Å². The number of aliphatic imine (C=N–C) groups is 1. The maximum absolute atomic E-state index is 4.77. The molecule has 20 heavy (non-hydrogen) atoms. The quantitative estimate of drug-likeness (QED) is 0.897. The highest BCUT2D eigenvalue weighted by Gasteiger charge is 2.15. The fourth-order valence-electron chi connectivity index (χ4n) is 2.38. The van der Waals surface area contributed by atoms with Crippen molar-refractivity contribution in [3.8, 4) is 0 Å². The van der Waals surface area contributed by atoms with Crippen LogP contribution in [0.25, 0.3) is 10.9 Å². The summed E-state index contributed by atoms with van der Waals surface area (Å²) in [5, 5.41) is 5.65. The average molecular weight is 285 g/mol. The van der Waals surface area contributed by atoms with Gasteiger partial charge in [-0.05, 0) is 31.9 Å². The molecule has 0 fully saturated rings. The molecule has 0 radical (unpaired) electrons. The summed E-state index contributed by atoms with van der Waals surface area (Å²) in [6.45, 7) is 4.22. The molecule has 2 heterocycles. The molecule has 1 aliphatic rings. The van der Waals surface area contributed by atoms with Gasteiger partial charge in [-0.2, -0.15) is 0 Å². The van der Waals surface area contributed by atoms with E-state index in [1.165, 1.54) is 6.42 Å². The number of aryl methyl sites for hydroxylation is 1. The molecule has 3 nitrogen and oxygen atoms in total. The van der Waals surface area contributed by atoms with E-state index in [0.29, 0.717) is 6.04 Å². The van der Waals surface area contributed by atoms with E-state index < -0.39 is 0 Å². The lowest BCUT2D eigenvalue weighted by Crippen LogP contribution is -2.19. The molecule has 2 aromatic rings. The molecule has 4 heteroatoms. The molecule has 0 aliphatic carbocycles. The van der Waals surface area contributed by atoms with Gasteiger partial charge in [0.15, 0.2) is 5.17 Å². The third kappa shape index (κ3) is 2.80. The number of anilines is 1. The van der Waals surface area contributed by atoms with Crippen LogP contribution >= 0.6 is 11.8 Å². The smallest absolute Gasteiger partial charge is 0.161 e. The Kier molecular flexibility index (Phi) is 3.92. The molecular weight excluding hydrogens is 266 g/mol. The normalized spacial score (nSPS) is 18.9. The number of hydrogen-bond acceptors (Lipinski definition) is 4. The van der Waals surface area contributed by atoms with Gasteiger partial charge in [-0.3, -0.25) is 9.98 Å². The Labute approximate surface area is 123 Å². The molecular formula is C16H19N3S. The average Bonchev–Trinajstić information content (AvgIpc) is 2.48. The van der Waals surface area contributed by atoms with Crippen LogP contribution in [0.2, 0.25) is 0 Å². The number of fused-ring (bicyclic) bond motifs is 1. The molecule has 1 aromatic carbocycles. The van der Waals surface area contributed by atoms with Gasteiger partial charge < -0.3 is 5.32 Å². The highest BCUT2D eigenvalue weighted by molar-refractivity contribution is 8.14. The Hall–Kier alpha value is -1.55. The summed E-state index contributed by atoms with van der Waals surface area (Å²) in [6.07, 6.45) is 2.29. The number of amidine groups is 1. The molecule has 104 valence electrons. The first-order chi connectivity index (χ1) is 9.76. The van der Waals surface area contributed by atoms with Gasteiger partial charge in [0, 0.05) is 16.8 Å². The molecule has 1 atom stereocenters. The summed E-state index contributed by atoms with van der Waals surface area (Å²) in [5.74, 6) is 1.14. The van der Waals surface area contributed by atoms with E-state index in [1.54, 1.807) is 11.8 Å². The molecule has 0 saturated heterocycles. The van der Waals surface area contributed by atoms with Crippen molar-refractivity contribution in [2.24, 2.45) is 4.99 Å². The molecule has 1 aliphatic heterocycles. The van der Waals surface area contributed by atoms with E-state index in [1.807, 2.05) is 13.0 Å². The van der Waals surface area contributed by atoms with Crippen LogP contribution in [0.3, 0.4) is 0 Å². The standard InChI is InChI=1S/C16H19N3S/c1-3-13-9-10-20-16(18-13)19-14-6-4-5-12-8-7-11(2)17-15(12)14/h4-8,13H,3,9-10H2,1-2H3,(H,18,19). The summed E-state index contributed by atoms with van der Waals surface area (Å²) in [4.78, 5) is 9.42. The summed E-state index contributed by atoms with van der Waals surface area (Å²) in [5.41, 5.74) is 3.11. The third-order valence-corrected chi connectivity index (χ3v) is 4.48. The van der Waals surface area contributed by atoms with Crippen LogP contribution in [0.15, 0.2) is 35.3 Å². The first-order valence-corrected chi connectivity index (χ1v) is 8.09. The minimum Gasteiger partial charge on any atom is -0.333 e. The van der Waals surface area contributed by atoms with Crippen LogP contribution in [-0.4, -0.2) is 21.9 Å². The summed E-state index contributed by atoms with van der Waals surface area (Å²) < 4.78 is 0. The Morgan fingerprint density at radius 2 is 2.20 bits per heavy atom. The number of nitrogens with one attached hydrogen (secondary N) is 1. The molecule has 3 rings (SSSR count). The lowest BCUT2D eigenvalue weighted by Gasteiger charge is -2.20. The van der Waals surface area contributed by atoms with Crippen molar-refractivity contribution >= 4 is 33.5 Å². The summed E-state index contributed by atoms with van der Waals surface area (Å²) in [6, 6.07) is 10.9. The van der Waals surface area contributed by atoms with Crippen LogP contribution in [-0.2, 0) is 0 Å². The second kappa shape index (κ2) is 5.83. The van der Waals surface area contributed by atoms with Gasteiger partial charge in [0.2, 0.25) is 0 Å². The maximum atomic E-state index is 4.77. The fraction of sp³-hybridized carbons (Fsp3) is 0.375. The minimum atomic E-state index is 0.462. The number of rotatable bonds is 2. The zero-order valence-corrected chi connectivity index (χ0v) is 12.7. The lowest BCUT2D eigenvalue weighted by molar-refractivity contribution is 0.634. The number of benzene rings is 1. The number of hydrogen-bond donors (Lipinski definition) is 1. The Bertz CT molecular complexity index is 651. The van der Waals surface area contributed by atoms with Crippen molar-refractivity contribution in [2.75, 3.05) is 11.1 Å². The zero-order valence-electron chi connectivity index (χ0n) is 11.9. The van der Waals surface area contributed by atoms with E-state index in [9.17, 15) is 0 Å². The van der Waals surface area contributed by atoms with Crippen molar-refractivity contribution in [1.29, 1.82) is 0 Å². The molecule has 1 N–H and O–H groups in total. The summed E-state index contributed by atoms with van der Waals surface area (Å²) in [7, 11) is 0. The second-order valence-corrected chi connectivity index (χ2v) is 6.17. The van der Waals surface area contributed by atoms with Gasteiger partial charge >= 0.3 is 0 Å². The van der Waals surface area contributed by atoms with Crippen LogP contribution in [0.4, 0.5) is 5.69 Å². The number of pyridine rings is 1. The van der Waals surface area contributed by atoms with Crippen molar-refractivity contribution in [3.63, 3.8) is 0 Å². The van der Waals surface area contributed by atoms with Crippen LogP contribution < -0.4 is 5.32 Å². The van der Waals surface area contributed by atoms with Gasteiger partial charge in [0.05, 0.1) is 17.2 Å². The molecule has 0 saturated carbocycles. The largest absolute Gasteiger partial charge is 0.333 e. The van der Waals surface area contributed by atoms with Crippen LogP contribution in [0.1, 0.15) is 25.5 Å². The van der Waals surface area contributed by atoms with E-state index in [4.69, 9.17) is 4.99 Å². The SMILES string of the molecule is CCC1CCSC(Nc2cccc3ccc(C)nc23)=N1. The first kappa shape index (κ1) is 13.4. The zero-order chi connectivity index (χ0) is 13.9. The van der Waals surface area contributed by atoms with Gasteiger partial charge in [-0.25, -0.2) is 0 Å². The highest BCUT2D eigenvalue weighted by atomic mass is 32.2. The van der Waals surface area contributed by atoms with E-state index in [2.05, 4.69) is 41.5 Å². The highest BCUT2D eigenvalue weighted by Crippen LogP contribution is 2.25. The molecule has 1 aromatic heterocycles. The molecule has 0 spiro atoms. The third-order valence-electron chi connectivity index (χ3n) is 3.56. The number of nitrogens with zero attached hydrogens (tertiary/aromatic N) is 2. The van der Waals surface area contributed by atoms with E-state index in [-0.39, 0.29) is 0 Å². The van der Waals surface area contributed by atoms with E-state index >= 15 is 0 Å². The summed E-state index contributed by atoms with van der Waals surface area (Å²) >= 11 is 1.80.